The highest BCUT2D eigenvalue weighted by Gasteiger charge is 2.15. The van der Waals surface area contributed by atoms with E-state index in [0.29, 0.717) is 6.42 Å². The zero-order valence-electron chi connectivity index (χ0n) is 13.9. The van der Waals surface area contributed by atoms with Gasteiger partial charge in [-0.15, -0.1) is 0 Å². The van der Waals surface area contributed by atoms with Crippen molar-refractivity contribution in [2.45, 2.75) is 33.3 Å². The number of rotatable bonds is 4. The molecule has 0 fully saturated rings. The number of imidazole rings is 1. The van der Waals surface area contributed by atoms with E-state index in [9.17, 15) is 5.26 Å². The number of pyridine rings is 1. The van der Waals surface area contributed by atoms with Crippen molar-refractivity contribution in [2.75, 3.05) is 0 Å². The summed E-state index contributed by atoms with van der Waals surface area (Å²) < 4.78 is 8.67. The van der Waals surface area contributed by atoms with E-state index in [1.54, 1.807) is 0 Å². The first-order chi connectivity index (χ1) is 11.5. The zero-order valence-corrected chi connectivity index (χ0v) is 15.5. The summed E-state index contributed by atoms with van der Waals surface area (Å²) >= 11 is 3.55. The minimum atomic E-state index is 0.139. The van der Waals surface area contributed by atoms with Gasteiger partial charge in [0.25, 0.3) is 0 Å². The van der Waals surface area contributed by atoms with Crippen molar-refractivity contribution >= 4 is 21.6 Å². The minimum Gasteiger partial charge on any atom is -0.491 e. The fourth-order valence-corrected chi connectivity index (χ4v) is 2.97. The summed E-state index contributed by atoms with van der Waals surface area (Å²) in [6.07, 6.45) is 2.42. The molecule has 0 saturated heterocycles. The number of nitriles is 1. The SMILES string of the molecule is Cc1cc2nc(-c3ccc(OC(C)C)cc3)c(CC#N)n2cc1Br. The lowest BCUT2D eigenvalue weighted by Gasteiger charge is -2.10. The van der Waals surface area contributed by atoms with Crippen molar-refractivity contribution in [3.05, 3.63) is 52.3 Å². The maximum absolute atomic E-state index is 9.21. The van der Waals surface area contributed by atoms with E-state index in [2.05, 4.69) is 22.0 Å². The maximum atomic E-state index is 9.21. The second-order valence-electron chi connectivity index (χ2n) is 5.97. The third-order valence-electron chi connectivity index (χ3n) is 3.75. The average Bonchev–Trinajstić information content (AvgIpc) is 2.86. The van der Waals surface area contributed by atoms with Crippen LogP contribution in [0.3, 0.4) is 0 Å². The second-order valence-corrected chi connectivity index (χ2v) is 6.82. The van der Waals surface area contributed by atoms with Gasteiger partial charge in [-0.25, -0.2) is 4.98 Å². The monoisotopic (exact) mass is 383 g/mol. The lowest BCUT2D eigenvalue weighted by Crippen LogP contribution is -2.05. The van der Waals surface area contributed by atoms with Crippen LogP contribution in [0.25, 0.3) is 16.9 Å². The van der Waals surface area contributed by atoms with Crippen LogP contribution in [0.2, 0.25) is 0 Å². The molecule has 0 unspecified atom stereocenters. The molecule has 0 aliphatic carbocycles. The van der Waals surface area contributed by atoms with Gasteiger partial charge in [-0.05, 0) is 72.6 Å². The quantitative estimate of drug-likeness (QED) is 0.641. The Bertz CT molecular complexity index is 920. The van der Waals surface area contributed by atoms with Gasteiger partial charge in [0, 0.05) is 16.2 Å². The van der Waals surface area contributed by atoms with Crippen LogP contribution in [0, 0.1) is 18.3 Å². The summed E-state index contributed by atoms with van der Waals surface area (Å²) in [5.41, 5.74) is 4.67. The summed E-state index contributed by atoms with van der Waals surface area (Å²) in [7, 11) is 0. The normalized spacial score (nSPS) is 11.0. The van der Waals surface area contributed by atoms with Crippen LogP contribution in [0.15, 0.2) is 41.0 Å². The number of hydrogen-bond donors (Lipinski definition) is 0. The molecule has 0 N–H and O–H groups in total. The fourth-order valence-electron chi connectivity index (χ4n) is 2.65. The second kappa shape index (κ2) is 6.66. The third kappa shape index (κ3) is 3.15. The predicted octanol–water partition coefficient (Wildman–Crippen LogP) is 4.93. The molecule has 0 atom stereocenters. The first-order valence-corrected chi connectivity index (χ1v) is 8.60. The third-order valence-corrected chi connectivity index (χ3v) is 4.58. The number of benzene rings is 1. The Morgan fingerprint density at radius 2 is 2.00 bits per heavy atom. The Morgan fingerprint density at radius 1 is 1.29 bits per heavy atom. The van der Waals surface area contributed by atoms with Crippen molar-refractivity contribution in [3.8, 4) is 23.1 Å². The van der Waals surface area contributed by atoms with Crippen LogP contribution in [0.1, 0.15) is 25.1 Å². The number of halogens is 1. The molecule has 24 heavy (non-hydrogen) atoms. The van der Waals surface area contributed by atoms with E-state index in [0.717, 1.165) is 38.4 Å². The molecule has 0 spiro atoms. The van der Waals surface area contributed by atoms with E-state index in [-0.39, 0.29) is 6.10 Å². The van der Waals surface area contributed by atoms with Gasteiger partial charge in [0.2, 0.25) is 0 Å². The molecule has 3 aromatic rings. The Labute approximate surface area is 149 Å². The number of nitrogens with zero attached hydrogens (tertiary/aromatic N) is 3. The van der Waals surface area contributed by atoms with Gasteiger partial charge in [-0.1, -0.05) is 0 Å². The van der Waals surface area contributed by atoms with Crippen LogP contribution >= 0.6 is 15.9 Å². The number of hydrogen-bond acceptors (Lipinski definition) is 3. The van der Waals surface area contributed by atoms with Crippen molar-refractivity contribution in [1.82, 2.24) is 9.38 Å². The van der Waals surface area contributed by atoms with Gasteiger partial charge in [0.15, 0.2) is 0 Å². The van der Waals surface area contributed by atoms with Gasteiger partial charge in [-0.3, -0.25) is 0 Å². The van der Waals surface area contributed by atoms with Crippen molar-refractivity contribution in [1.29, 1.82) is 5.26 Å². The summed E-state index contributed by atoms with van der Waals surface area (Å²) in [5, 5.41) is 9.21. The molecule has 122 valence electrons. The smallest absolute Gasteiger partial charge is 0.138 e. The molecule has 0 radical (unpaired) electrons. The number of fused-ring (bicyclic) bond motifs is 1. The highest BCUT2D eigenvalue weighted by molar-refractivity contribution is 9.10. The summed E-state index contributed by atoms with van der Waals surface area (Å²) in [4.78, 5) is 4.74. The Hall–Kier alpha value is -2.32. The largest absolute Gasteiger partial charge is 0.491 e. The van der Waals surface area contributed by atoms with Crippen LogP contribution < -0.4 is 4.74 Å². The van der Waals surface area contributed by atoms with Crippen LogP contribution in [0.4, 0.5) is 0 Å². The lowest BCUT2D eigenvalue weighted by atomic mass is 10.1. The van der Waals surface area contributed by atoms with E-state index in [1.165, 1.54) is 0 Å². The van der Waals surface area contributed by atoms with E-state index in [4.69, 9.17) is 9.72 Å². The summed E-state index contributed by atoms with van der Waals surface area (Å²) in [6, 6.07) is 12.1. The summed E-state index contributed by atoms with van der Waals surface area (Å²) in [5.74, 6) is 0.831. The molecular formula is C19H18BrN3O. The molecule has 2 aromatic heterocycles. The van der Waals surface area contributed by atoms with Crippen molar-refractivity contribution in [3.63, 3.8) is 0 Å². The van der Waals surface area contributed by atoms with E-state index < -0.39 is 0 Å². The number of aromatic nitrogens is 2. The highest BCUT2D eigenvalue weighted by atomic mass is 79.9. The van der Waals surface area contributed by atoms with Crippen molar-refractivity contribution < 1.29 is 4.74 Å². The number of ether oxygens (including phenoxy) is 1. The van der Waals surface area contributed by atoms with Gasteiger partial charge >= 0.3 is 0 Å². The van der Waals surface area contributed by atoms with Gasteiger partial charge in [-0.2, -0.15) is 5.26 Å². The molecule has 4 nitrogen and oxygen atoms in total. The van der Waals surface area contributed by atoms with Crippen LogP contribution in [-0.2, 0) is 6.42 Å². The first-order valence-electron chi connectivity index (χ1n) is 7.80. The van der Waals surface area contributed by atoms with Gasteiger partial charge < -0.3 is 9.14 Å². The molecule has 3 rings (SSSR count). The molecular weight excluding hydrogens is 366 g/mol. The molecule has 0 aliphatic heterocycles. The Morgan fingerprint density at radius 3 is 2.62 bits per heavy atom. The molecule has 1 aromatic carbocycles. The zero-order chi connectivity index (χ0) is 17.3. The van der Waals surface area contributed by atoms with Gasteiger partial charge in [0.1, 0.15) is 11.4 Å². The number of aryl methyl sites for hydroxylation is 1. The minimum absolute atomic E-state index is 0.139. The van der Waals surface area contributed by atoms with E-state index >= 15 is 0 Å². The van der Waals surface area contributed by atoms with E-state index in [1.807, 2.05) is 61.7 Å². The van der Waals surface area contributed by atoms with Crippen LogP contribution in [0.5, 0.6) is 5.75 Å². The predicted molar refractivity (Wildman–Crippen MR) is 98.1 cm³/mol. The molecule has 0 saturated carbocycles. The molecule has 5 heteroatoms. The summed E-state index contributed by atoms with van der Waals surface area (Å²) in [6.45, 7) is 6.03. The molecule has 2 heterocycles. The van der Waals surface area contributed by atoms with Crippen LogP contribution in [-0.4, -0.2) is 15.5 Å². The molecule has 0 amide bonds. The Balaban J connectivity index is 2.11. The fraction of sp³-hybridized carbons (Fsp3) is 0.263. The van der Waals surface area contributed by atoms with Crippen molar-refractivity contribution in [2.24, 2.45) is 0 Å². The molecule has 0 bridgehead atoms. The lowest BCUT2D eigenvalue weighted by molar-refractivity contribution is 0.242. The van der Waals surface area contributed by atoms with Gasteiger partial charge in [0.05, 0.1) is 30.0 Å². The first kappa shape index (κ1) is 16.5. The molecule has 0 aliphatic rings. The standard InChI is InChI=1S/C19H18BrN3O/c1-12(2)24-15-6-4-14(5-7-15)19-17(8-9-21)23-11-16(20)13(3)10-18(23)22-19/h4-7,10-12H,8H2,1-3H3. The highest BCUT2D eigenvalue weighted by Crippen LogP contribution is 2.29. The average molecular weight is 384 g/mol. The topological polar surface area (TPSA) is 50.3 Å². The Kier molecular flexibility index (Phi) is 4.59. The maximum Gasteiger partial charge on any atom is 0.138 e.